The van der Waals surface area contributed by atoms with Crippen LogP contribution in [0.1, 0.15) is 5.56 Å². The molecule has 0 aliphatic rings. The average molecular weight is 242 g/mol. The molecule has 6 heteroatoms. The largest absolute Gasteiger partial charge is 0.480 e. The van der Waals surface area contributed by atoms with Crippen molar-refractivity contribution in [3.8, 4) is 16.5 Å². The second kappa shape index (κ2) is 4.12. The van der Waals surface area contributed by atoms with Crippen LogP contribution in [0.5, 0.6) is 5.88 Å². The molecule has 0 amide bonds. The van der Waals surface area contributed by atoms with Gasteiger partial charge in [-0.15, -0.1) is 0 Å². The quantitative estimate of drug-likeness (QED) is 0.759. The zero-order valence-electron chi connectivity index (χ0n) is 8.19. The van der Waals surface area contributed by atoms with Crippen LogP contribution in [-0.2, 0) is 0 Å². The number of nitrogens with zero attached hydrogens (tertiary/aromatic N) is 3. The van der Waals surface area contributed by atoms with Gasteiger partial charge >= 0.3 is 0 Å². The molecule has 78 valence electrons. The van der Waals surface area contributed by atoms with E-state index in [1.807, 2.05) is 13.0 Å². The molecule has 0 saturated heterocycles. The lowest BCUT2D eigenvalue weighted by Crippen LogP contribution is -1.89. The van der Waals surface area contributed by atoms with Crippen LogP contribution in [-0.4, -0.2) is 21.5 Å². The van der Waals surface area contributed by atoms with Gasteiger partial charge in [0.05, 0.1) is 17.7 Å². The summed E-state index contributed by atoms with van der Waals surface area (Å²) in [5.41, 5.74) is 1.77. The van der Waals surface area contributed by atoms with E-state index in [2.05, 4.69) is 14.3 Å². The second-order valence-electron chi connectivity index (χ2n) is 2.90. The monoisotopic (exact) mass is 241 g/mol. The molecule has 0 fully saturated rings. The van der Waals surface area contributed by atoms with Crippen LogP contribution in [0.3, 0.4) is 0 Å². The second-order valence-corrected chi connectivity index (χ2v) is 4.05. The van der Waals surface area contributed by atoms with Crippen molar-refractivity contribution in [3.63, 3.8) is 0 Å². The number of halogens is 1. The molecule has 15 heavy (non-hydrogen) atoms. The Bertz CT molecular complexity index is 486. The van der Waals surface area contributed by atoms with Gasteiger partial charge in [0.15, 0.2) is 0 Å². The van der Waals surface area contributed by atoms with Crippen LogP contribution in [0.2, 0.25) is 5.28 Å². The van der Waals surface area contributed by atoms with Crippen molar-refractivity contribution in [3.05, 3.63) is 23.1 Å². The molecule has 0 aliphatic heterocycles. The first kappa shape index (κ1) is 10.3. The van der Waals surface area contributed by atoms with Gasteiger partial charge in [-0.05, 0) is 35.6 Å². The molecule has 0 atom stereocenters. The van der Waals surface area contributed by atoms with Gasteiger partial charge in [0.2, 0.25) is 11.2 Å². The van der Waals surface area contributed by atoms with E-state index in [-0.39, 0.29) is 5.28 Å². The van der Waals surface area contributed by atoms with Gasteiger partial charge in [-0.3, -0.25) is 0 Å². The lowest BCUT2D eigenvalue weighted by molar-refractivity contribution is 0.403. The third kappa shape index (κ3) is 2.08. The molecule has 2 aromatic rings. The van der Waals surface area contributed by atoms with E-state index in [0.29, 0.717) is 5.88 Å². The summed E-state index contributed by atoms with van der Waals surface area (Å²) in [6, 6.07) is 1.83. The van der Waals surface area contributed by atoms with Crippen LogP contribution in [0.4, 0.5) is 0 Å². The Labute approximate surface area is 96.1 Å². The van der Waals surface area contributed by atoms with Gasteiger partial charge in [0.1, 0.15) is 0 Å². The molecular weight excluding hydrogens is 234 g/mol. The fourth-order valence-electron chi connectivity index (χ4n) is 1.14. The topological polar surface area (TPSA) is 47.9 Å². The predicted molar refractivity (Wildman–Crippen MR) is 59.4 cm³/mol. The van der Waals surface area contributed by atoms with E-state index in [4.69, 9.17) is 16.3 Å². The Morgan fingerprint density at radius 3 is 2.93 bits per heavy atom. The summed E-state index contributed by atoms with van der Waals surface area (Å²) in [7, 11) is 1.58. The standard InChI is InChI=1S/C9H8ClN3OS/c1-5-4-11-9(10)12-8(5)6-3-7(14-2)13-15-6/h3-4H,1-2H3. The average Bonchev–Trinajstić information content (AvgIpc) is 2.70. The summed E-state index contributed by atoms with van der Waals surface area (Å²) in [6.45, 7) is 1.93. The van der Waals surface area contributed by atoms with Gasteiger partial charge in [0, 0.05) is 12.3 Å². The molecule has 0 aliphatic carbocycles. The number of rotatable bonds is 2. The Balaban J connectivity index is 2.48. The third-order valence-corrected chi connectivity index (χ3v) is 2.83. The number of aromatic nitrogens is 3. The fraction of sp³-hybridized carbons (Fsp3) is 0.222. The molecule has 2 aromatic heterocycles. The predicted octanol–water partition coefficient (Wildman–Crippen LogP) is 2.57. The SMILES string of the molecule is COc1cc(-c2nc(Cl)ncc2C)sn1. The van der Waals surface area contributed by atoms with E-state index in [1.54, 1.807) is 13.3 Å². The minimum absolute atomic E-state index is 0.239. The van der Waals surface area contributed by atoms with Crippen LogP contribution >= 0.6 is 23.1 Å². The summed E-state index contributed by atoms with van der Waals surface area (Å²) in [5.74, 6) is 0.587. The number of aryl methyl sites for hydroxylation is 1. The molecule has 0 bridgehead atoms. The third-order valence-electron chi connectivity index (χ3n) is 1.87. The van der Waals surface area contributed by atoms with Crippen molar-refractivity contribution >= 4 is 23.1 Å². The van der Waals surface area contributed by atoms with E-state index in [1.165, 1.54) is 11.5 Å². The van der Waals surface area contributed by atoms with Crippen LogP contribution in [0, 0.1) is 6.92 Å². The van der Waals surface area contributed by atoms with Crippen molar-refractivity contribution in [2.24, 2.45) is 0 Å². The van der Waals surface area contributed by atoms with E-state index < -0.39 is 0 Å². The van der Waals surface area contributed by atoms with Gasteiger partial charge in [-0.2, -0.15) is 4.37 Å². The van der Waals surface area contributed by atoms with E-state index in [9.17, 15) is 0 Å². The molecule has 0 unspecified atom stereocenters. The molecule has 2 rings (SSSR count). The van der Waals surface area contributed by atoms with Gasteiger partial charge in [0.25, 0.3) is 0 Å². The molecule has 0 saturated carbocycles. The minimum Gasteiger partial charge on any atom is -0.480 e. The lowest BCUT2D eigenvalue weighted by Gasteiger charge is -2.00. The normalized spacial score (nSPS) is 10.3. The highest BCUT2D eigenvalue weighted by atomic mass is 35.5. The summed E-state index contributed by atoms with van der Waals surface area (Å²) in [5, 5.41) is 0.239. The Morgan fingerprint density at radius 2 is 2.27 bits per heavy atom. The summed E-state index contributed by atoms with van der Waals surface area (Å²) >= 11 is 7.06. The maximum absolute atomic E-state index is 5.74. The highest BCUT2D eigenvalue weighted by molar-refractivity contribution is 7.09. The smallest absolute Gasteiger partial charge is 0.225 e. The lowest BCUT2D eigenvalue weighted by atomic mass is 10.2. The van der Waals surface area contributed by atoms with Crippen molar-refractivity contribution in [2.75, 3.05) is 7.11 Å². The first-order valence-corrected chi connectivity index (χ1v) is 5.36. The Morgan fingerprint density at radius 1 is 1.47 bits per heavy atom. The first-order valence-electron chi connectivity index (χ1n) is 4.21. The summed E-state index contributed by atoms with van der Waals surface area (Å²) in [4.78, 5) is 8.98. The van der Waals surface area contributed by atoms with Crippen LogP contribution < -0.4 is 4.74 Å². The maximum atomic E-state index is 5.74. The molecule has 0 spiro atoms. The fourth-order valence-corrected chi connectivity index (χ4v) is 2.03. The Hall–Kier alpha value is -1.20. The van der Waals surface area contributed by atoms with Crippen molar-refractivity contribution in [2.45, 2.75) is 6.92 Å². The highest BCUT2D eigenvalue weighted by Crippen LogP contribution is 2.28. The molecule has 0 radical (unpaired) electrons. The zero-order chi connectivity index (χ0) is 10.8. The first-order chi connectivity index (χ1) is 7.20. The summed E-state index contributed by atoms with van der Waals surface area (Å²) in [6.07, 6.45) is 1.69. The van der Waals surface area contributed by atoms with Gasteiger partial charge in [-0.1, -0.05) is 0 Å². The maximum Gasteiger partial charge on any atom is 0.225 e. The summed E-state index contributed by atoms with van der Waals surface area (Å²) < 4.78 is 9.11. The van der Waals surface area contributed by atoms with Crippen molar-refractivity contribution in [1.82, 2.24) is 14.3 Å². The number of ether oxygens (including phenoxy) is 1. The molecule has 0 aromatic carbocycles. The highest BCUT2D eigenvalue weighted by Gasteiger charge is 2.09. The van der Waals surface area contributed by atoms with Gasteiger partial charge < -0.3 is 4.74 Å². The van der Waals surface area contributed by atoms with E-state index >= 15 is 0 Å². The Kier molecular flexibility index (Phi) is 2.83. The number of hydrogen-bond acceptors (Lipinski definition) is 5. The van der Waals surface area contributed by atoms with Crippen molar-refractivity contribution in [1.29, 1.82) is 0 Å². The zero-order valence-corrected chi connectivity index (χ0v) is 9.76. The molecule has 2 heterocycles. The van der Waals surface area contributed by atoms with Crippen LogP contribution in [0.15, 0.2) is 12.3 Å². The number of hydrogen-bond donors (Lipinski definition) is 0. The van der Waals surface area contributed by atoms with E-state index in [0.717, 1.165) is 16.1 Å². The van der Waals surface area contributed by atoms with Crippen molar-refractivity contribution < 1.29 is 4.74 Å². The minimum atomic E-state index is 0.239. The van der Waals surface area contributed by atoms with Crippen LogP contribution in [0.25, 0.3) is 10.6 Å². The molecule has 4 nitrogen and oxygen atoms in total. The molecule has 0 N–H and O–H groups in total. The molecular formula is C9H8ClN3OS. The number of methoxy groups -OCH3 is 1. The van der Waals surface area contributed by atoms with Gasteiger partial charge in [-0.25, -0.2) is 9.97 Å².